The summed E-state index contributed by atoms with van der Waals surface area (Å²) < 4.78 is 31.0. The molecule has 1 heterocycles. The summed E-state index contributed by atoms with van der Waals surface area (Å²) in [6.45, 7) is 2.14. The maximum absolute atomic E-state index is 12.4. The van der Waals surface area contributed by atoms with Crippen LogP contribution >= 0.6 is 0 Å². The maximum atomic E-state index is 12.4. The van der Waals surface area contributed by atoms with Crippen molar-refractivity contribution in [1.82, 2.24) is 4.90 Å². The molecule has 1 radical (unpaired) electrons. The van der Waals surface area contributed by atoms with Gasteiger partial charge in [-0.1, -0.05) is 13.3 Å². The standard InChI is InChI=1S/C14H16N2O6S.Na/c1-2-3-8-15-12(17)9-13(18)16(14(15)19)10-4-6-11(7-5-10)23(20,21)22;/h4-7H,2-3,8-9H2,1H3,(H,20,21,22);. The fourth-order valence-corrected chi connectivity index (χ4v) is 2.68. The van der Waals surface area contributed by atoms with E-state index in [1.807, 2.05) is 6.92 Å². The quantitative estimate of drug-likeness (QED) is 0.475. The van der Waals surface area contributed by atoms with Gasteiger partial charge < -0.3 is 0 Å². The van der Waals surface area contributed by atoms with Crippen LogP contribution in [-0.4, -0.2) is 71.8 Å². The third-order valence-electron chi connectivity index (χ3n) is 3.40. The van der Waals surface area contributed by atoms with Crippen molar-refractivity contribution in [3.8, 4) is 0 Å². The molecule has 0 saturated carbocycles. The Hall–Kier alpha value is -1.26. The van der Waals surface area contributed by atoms with Gasteiger partial charge in [-0.05, 0) is 30.7 Å². The molecule has 2 rings (SSSR count). The first kappa shape index (κ1) is 20.8. The zero-order valence-electron chi connectivity index (χ0n) is 13.4. The van der Waals surface area contributed by atoms with Crippen molar-refractivity contribution in [1.29, 1.82) is 0 Å². The van der Waals surface area contributed by atoms with Gasteiger partial charge in [0.05, 0.1) is 10.6 Å². The van der Waals surface area contributed by atoms with Crippen LogP contribution in [0.2, 0.25) is 0 Å². The van der Waals surface area contributed by atoms with Gasteiger partial charge in [0.15, 0.2) is 0 Å². The third-order valence-corrected chi connectivity index (χ3v) is 4.27. The number of carbonyl (C=O) groups is 3. The molecule has 1 saturated heterocycles. The summed E-state index contributed by atoms with van der Waals surface area (Å²) in [5, 5.41) is 0. The zero-order chi connectivity index (χ0) is 17.2. The molecule has 0 unspecified atom stereocenters. The second kappa shape index (κ2) is 8.21. The number of benzene rings is 1. The van der Waals surface area contributed by atoms with Crippen molar-refractivity contribution in [2.75, 3.05) is 11.4 Å². The minimum Gasteiger partial charge on any atom is -0.282 e. The van der Waals surface area contributed by atoms with E-state index in [0.717, 1.165) is 28.4 Å². The van der Waals surface area contributed by atoms with E-state index in [-0.39, 0.29) is 46.7 Å². The van der Waals surface area contributed by atoms with E-state index in [1.165, 1.54) is 12.1 Å². The first-order valence-electron chi connectivity index (χ1n) is 7.00. The van der Waals surface area contributed by atoms with E-state index in [1.54, 1.807) is 0 Å². The Bertz CT molecular complexity index is 747. The minimum atomic E-state index is -4.36. The number of hydrogen-bond donors (Lipinski definition) is 1. The van der Waals surface area contributed by atoms with Crippen molar-refractivity contribution >= 4 is 63.2 Å². The number of barbiturate groups is 1. The Morgan fingerprint density at radius 1 is 1.08 bits per heavy atom. The maximum Gasteiger partial charge on any atom is 0.338 e. The molecule has 4 amide bonds. The summed E-state index contributed by atoms with van der Waals surface area (Å²) in [4.78, 5) is 37.7. The molecular weight excluding hydrogens is 347 g/mol. The van der Waals surface area contributed by atoms with Crippen LogP contribution in [-0.2, 0) is 19.7 Å². The summed E-state index contributed by atoms with van der Waals surface area (Å²) in [5.41, 5.74) is 0.140. The molecule has 10 heteroatoms. The van der Waals surface area contributed by atoms with Crippen LogP contribution in [0.3, 0.4) is 0 Å². The number of unbranched alkanes of at least 4 members (excludes halogenated alkanes) is 1. The minimum absolute atomic E-state index is 0. The molecule has 1 aromatic carbocycles. The monoisotopic (exact) mass is 363 g/mol. The number of imide groups is 2. The first-order chi connectivity index (χ1) is 10.8. The normalized spacial score (nSPS) is 15.5. The zero-order valence-corrected chi connectivity index (χ0v) is 16.2. The van der Waals surface area contributed by atoms with Crippen molar-refractivity contribution in [2.24, 2.45) is 0 Å². The second-order valence-electron chi connectivity index (χ2n) is 5.06. The summed E-state index contributed by atoms with van der Waals surface area (Å²) in [6.07, 6.45) is 0.991. The SMILES string of the molecule is CCCCN1C(=O)CC(=O)N(c2ccc(S(=O)(=O)O)cc2)C1=O.[Na]. The molecule has 125 valence electrons. The predicted molar refractivity (Wildman–Crippen MR) is 86.1 cm³/mol. The number of anilines is 1. The van der Waals surface area contributed by atoms with Crippen LogP contribution in [0, 0.1) is 0 Å². The van der Waals surface area contributed by atoms with Crippen molar-refractivity contribution in [3.63, 3.8) is 0 Å². The van der Waals surface area contributed by atoms with Gasteiger partial charge in [-0.2, -0.15) is 8.42 Å². The van der Waals surface area contributed by atoms with Gasteiger partial charge in [0.1, 0.15) is 6.42 Å². The molecule has 0 aromatic heterocycles. The molecule has 1 aliphatic heterocycles. The van der Waals surface area contributed by atoms with Gasteiger partial charge in [-0.15, -0.1) is 0 Å². The van der Waals surface area contributed by atoms with Crippen molar-refractivity contribution in [2.45, 2.75) is 31.1 Å². The number of amides is 4. The summed E-state index contributed by atoms with van der Waals surface area (Å²) in [5.74, 6) is -1.22. The van der Waals surface area contributed by atoms with Crippen molar-refractivity contribution in [3.05, 3.63) is 24.3 Å². The molecule has 0 spiro atoms. The molecule has 0 aliphatic carbocycles. The Kier molecular flexibility index (Phi) is 7.11. The summed E-state index contributed by atoms with van der Waals surface area (Å²) in [6, 6.07) is 3.87. The van der Waals surface area contributed by atoms with E-state index in [9.17, 15) is 22.8 Å². The molecule has 0 bridgehead atoms. The Morgan fingerprint density at radius 3 is 2.17 bits per heavy atom. The number of rotatable bonds is 5. The van der Waals surface area contributed by atoms with Gasteiger partial charge in [0, 0.05) is 36.1 Å². The molecule has 0 atom stereocenters. The van der Waals surface area contributed by atoms with Gasteiger partial charge >= 0.3 is 6.03 Å². The molecule has 1 aliphatic rings. The number of carbonyl (C=O) groups excluding carboxylic acids is 3. The van der Waals surface area contributed by atoms with Gasteiger partial charge in [-0.3, -0.25) is 19.0 Å². The van der Waals surface area contributed by atoms with Crippen LogP contribution in [0.15, 0.2) is 29.2 Å². The summed E-state index contributed by atoms with van der Waals surface area (Å²) in [7, 11) is -4.36. The van der Waals surface area contributed by atoms with Crippen LogP contribution in [0.4, 0.5) is 10.5 Å². The van der Waals surface area contributed by atoms with Crippen LogP contribution < -0.4 is 4.90 Å². The smallest absolute Gasteiger partial charge is 0.282 e. The Morgan fingerprint density at radius 2 is 1.67 bits per heavy atom. The van der Waals surface area contributed by atoms with Gasteiger partial charge in [-0.25, -0.2) is 9.69 Å². The number of urea groups is 1. The average Bonchev–Trinajstić information content (AvgIpc) is 2.46. The Balaban J connectivity index is 0.00000288. The first-order valence-corrected chi connectivity index (χ1v) is 8.44. The van der Waals surface area contributed by atoms with Crippen LogP contribution in [0.5, 0.6) is 0 Å². The van der Waals surface area contributed by atoms with Gasteiger partial charge in [0.2, 0.25) is 11.8 Å². The second-order valence-corrected chi connectivity index (χ2v) is 6.48. The van der Waals surface area contributed by atoms with E-state index >= 15 is 0 Å². The van der Waals surface area contributed by atoms with Crippen LogP contribution in [0.1, 0.15) is 26.2 Å². The van der Waals surface area contributed by atoms with E-state index in [0.29, 0.717) is 6.42 Å². The molecular formula is C14H16N2NaO6S. The molecule has 1 fully saturated rings. The number of hydrogen-bond acceptors (Lipinski definition) is 5. The molecule has 8 nitrogen and oxygen atoms in total. The Labute approximate surface area is 161 Å². The third kappa shape index (κ3) is 4.42. The molecule has 1 aromatic rings. The molecule has 24 heavy (non-hydrogen) atoms. The van der Waals surface area contributed by atoms with Crippen LogP contribution in [0.25, 0.3) is 0 Å². The topological polar surface area (TPSA) is 112 Å². The molecule has 1 N–H and O–H groups in total. The van der Waals surface area contributed by atoms with E-state index < -0.39 is 34.4 Å². The average molecular weight is 363 g/mol. The number of nitrogens with zero attached hydrogens (tertiary/aromatic N) is 2. The fraction of sp³-hybridized carbons (Fsp3) is 0.357. The predicted octanol–water partition coefficient (Wildman–Crippen LogP) is 1.04. The fourth-order valence-electron chi connectivity index (χ4n) is 2.20. The van der Waals surface area contributed by atoms with Crippen molar-refractivity contribution < 1.29 is 27.4 Å². The van der Waals surface area contributed by atoms with E-state index in [4.69, 9.17) is 4.55 Å². The van der Waals surface area contributed by atoms with E-state index in [2.05, 4.69) is 0 Å². The largest absolute Gasteiger partial charge is 0.338 e. The van der Waals surface area contributed by atoms with Gasteiger partial charge in [0.25, 0.3) is 10.1 Å². The summed E-state index contributed by atoms with van der Waals surface area (Å²) >= 11 is 0.